The average molecular weight is 287 g/mol. The number of nitrogens with one attached hydrogen (secondary N) is 1. The number of hydrogen-bond acceptors (Lipinski definition) is 5. The lowest BCUT2D eigenvalue weighted by atomic mass is 10.3. The molecular formula is C12H21N3O3S. The van der Waals surface area contributed by atoms with E-state index in [1.807, 2.05) is 0 Å². The first kappa shape index (κ1) is 15.7. The number of nitrogens with two attached hydrogens (primary N) is 2. The van der Waals surface area contributed by atoms with Crippen LogP contribution in [0.5, 0.6) is 0 Å². The van der Waals surface area contributed by atoms with Gasteiger partial charge in [-0.1, -0.05) is 13.3 Å². The van der Waals surface area contributed by atoms with Gasteiger partial charge in [0, 0.05) is 18.8 Å². The number of hydrogen-bond donors (Lipinski definition) is 3. The number of primary sulfonamides is 1. The van der Waals surface area contributed by atoms with Gasteiger partial charge in [-0.2, -0.15) is 0 Å². The highest BCUT2D eigenvalue weighted by Gasteiger charge is 2.13. The fourth-order valence-electron chi connectivity index (χ4n) is 1.53. The van der Waals surface area contributed by atoms with Crippen LogP contribution >= 0.6 is 0 Å². The minimum atomic E-state index is -3.79. The molecule has 0 unspecified atom stereocenters. The van der Waals surface area contributed by atoms with E-state index >= 15 is 0 Å². The lowest BCUT2D eigenvalue weighted by Gasteiger charge is -2.11. The number of unbranched alkanes of at least 4 members (excludes halogenated alkanes) is 1. The molecular weight excluding hydrogens is 266 g/mol. The van der Waals surface area contributed by atoms with E-state index < -0.39 is 10.0 Å². The fraction of sp³-hybridized carbons (Fsp3) is 0.500. The molecule has 0 radical (unpaired) electrons. The fourth-order valence-corrected chi connectivity index (χ4v) is 2.27. The first-order valence-corrected chi connectivity index (χ1v) is 7.73. The van der Waals surface area contributed by atoms with Gasteiger partial charge in [0.25, 0.3) is 0 Å². The summed E-state index contributed by atoms with van der Waals surface area (Å²) in [4.78, 5) is 0.000980. The van der Waals surface area contributed by atoms with E-state index in [9.17, 15) is 8.42 Å². The van der Waals surface area contributed by atoms with Gasteiger partial charge in [-0.25, -0.2) is 13.6 Å². The number of sulfonamides is 1. The monoisotopic (exact) mass is 287 g/mol. The zero-order chi connectivity index (χ0) is 14.3. The molecule has 1 aromatic rings. The molecule has 0 spiro atoms. The van der Waals surface area contributed by atoms with Crippen LogP contribution in [0.15, 0.2) is 23.1 Å². The first-order valence-electron chi connectivity index (χ1n) is 6.19. The van der Waals surface area contributed by atoms with Crippen molar-refractivity contribution in [2.24, 2.45) is 5.14 Å². The Morgan fingerprint density at radius 2 is 2.05 bits per heavy atom. The van der Waals surface area contributed by atoms with E-state index in [-0.39, 0.29) is 4.90 Å². The van der Waals surface area contributed by atoms with Crippen molar-refractivity contribution >= 4 is 21.4 Å². The van der Waals surface area contributed by atoms with E-state index in [1.54, 1.807) is 12.1 Å². The van der Waals surface area contributed by atoms with E-state index in [1.165, 1.54) is 6.07 Å². The summed E-state index contributed by atoms with van der Waals surface area (Å²) in [6.45, 7) is 3.82. The van der Waals surface area contributed by atoms with Crippen LogP contribution in [0.4, 0.5) is 11.4 Å². The third-order valence-electron chi connectivity index (χ3n) is 2.52. The Morgan fingerprint density at radius 3 is 2.68 bits per heavy atom. The Bertz CT molecular complexity index is 503. The molecule has 1 rings (SSSR count). The molecule has 0 heterocycles. The number of rotatable bonds is 8. The summed E-state index contributed by atoms with van der Waals surface area (Å²) >= 11 is 0. The summed E-state index contributed by atoms with van der Waals surface area (Å²) in [6, 6.07) is 4.56. The van der Waals surface area contributed by atoms with Gasteiger partial charge in [-0.05, 0) is 24.6 Å². The highest BCUT2D eigenvalue weighted by atomic mass is 32.2. The number of anilines is 2. The van der Waals surface area contributed by atoms with Gasteiger partial charge in [0.05, 0.1) is 12.3 Å². The van der Waals surface area contributed by atoms with Gasteiger partial charge >= 0.3 is 0 Å². The predicted molar refractivity (Wildman–Crippen MR) is 76.4 cm³/mol. The maximum absolute atomic E-state index is 11.4. The molecule has 0 bridgehead atoms. The van der Waals surface area contributed by atoms with Crippen LogP contribution in [0, 0.1) is 0 Å². The van der Waals surface area contributed by atoms with Crippen LogP contribution in [0.2, 0.25) is 0 Å². The van der Waals surface area contributed by atoms with Gasteiger partial charge in [-0.15, -0.1) is 0 Å². The highest BCUT2D eigenvalue weighted by molar-refractivity contribution is 7.89. The molecule has 0 fully saturated rings. The van der Waals surface area contributed by atoms with Gasteiger partial charge < -0.3 is 15.8 Å². The number of nitrogen functional groups attached to an aromatic ring is 1. The Hall–Kier alpha value is -1.31. The molecule has 6 nitrogen and oxygen atoms in total. The molecule has 0 saturated heterocycles. The van der Waals surface area contributed by atoms with Crippen LogP contribution < -0.4 is 16.2 Å². The second kappa shape index (κ2) is 7.32. The summed E-state index contributed by atoms with van der Waals surface area (Å²) in [5.74, 6) is 0. The van der Waals surface area contributed by atoms with Crippen LogP contribution in [0.3, 0.4) is 0 Å². The van der Waals surface area contributed by atoms with Crippen molar-refractivity contribution in [3.05, 3.63) is 18.2 Å². The van der Waals surface area contributed by atoms with Gasteiger partial charge in [0.15, 0.2) is 0 Å². The van der Waals surface area contributed by atoms with Gasteiger partial charge in [-0.3, -0.25) is 0 Å². The van der Waals surface area contributed by atoms with Gasteiger partial charge in [0.2, 0.25) is 10.0 Å². The molecule has 0 amide bonds. The molecule has 0 atom stereocenters. The summed E-state index contributed by atoms with van der Waals surface area (Å²) in [5, 5.41) is 8.13. The summed E-state index contributed by atoms with van der Waals surface area (Å²) in [5.41, 5.74) is 6.36. The van der Waals surface area contributed by atoms with E-state index in [2.05, 4.69) is 12.2 Å². The van der Waals surface area contributed by atoms with Crippen molar-refractivity contribution < 1.29 is 13.2 Å². The highest BCUT2D eigenvalue weighted by Crippen LogP contribution is 2.22. The van der Waals surface area contributed by atoms with Crippen molar-refractivity contribution in [1.82, 2.24) is 0 Å². The molecule has 0 aliphatic rings. The third-order valence-corrected chi connectivity index (χ3v) is 3.47. The maximum Gasteiger partial charge on any atom is 0.240 e. The van der Waals surface area contributed by atoms with E-state index in [0.29, 0.717) is 31.1 Å². The molecule has 5 N–H and O–H groups in total. The Labute approximate surface area is 114 Å². The zero-order valence-corrected chi connectivity index (χ0v) is 11.9. The second-order valence-corrected chi connectivity index (χ2v) is 5.72. The quantitative estimate of drug-likeness (QED) is 0.491. The molecule has 0 aliphatic heterocycles. The predicted octanol–water partition coefficient (Wildman–Crippen LogP) is 1.14. The summed E-state index contributed by atoms with van der Waals surface area (Å²) < 4.78 is 28.2. The van der Waals surface area contributed by atoms with Crippen molar-refractivity contribution in [1.29, 1.82) is 0 Å². The van der Waals surface area contributed by atoms with Crippen LogP contribution in [-0.2, 0) is 14.8 Å². The van der Waals surface area contributed by atoms with Crippen molar-refractivity contribution in [3.63, 3.8) is 0 Å². The molecule has 19 heavy (non-hydrogen) atoms. The molecule has 0 saturated carbocycles. The number of ether oxygens (including phenoxy) is 1. The maximum atomic E-state index is 11.4. The lowest BCUT2D eigenvalue weighted by Crippen LogP contribution is -2.17. The minimum absolute atomic E-state index is 0.000980. The average Bonchev–Trinajstić information content (AvgIpc) is 2.34. The van der Waals surface area contributed by atoms with Crippen molar-refractivity contribution in [2.45, 2.75) is 24.7 Å². The van der Waals surface area contributed by atoms with Gasteiger partial charge in [0.1, 0.15) is 4.90 Å². The Kier molecular flexibility index (Phi) is 6.07. The summed E-state index contributed by atoms with van der Waals surface area (Å²) in [7, 11) is -3.79. The largest absolute Gasteiger partial charge is 0.399 e. The normalized spacial score (nSPS) is 11.5. The second-order valence-electron chi connectivity index (χ2n) is 4.19. The smallest absolute Gasteiger partial charge is 0.240 e. The standard InChI is InChI=1S/C12H21N3O3S/c1-2-3-7-18-8-6-15-11-5-4-10(13)9-12(11)19(14,16)17/h4-5,9,15H,2-3,6-8,13H2,1H3,(H2,14,16,17). The topological polar surface area (TPSA) is 107 Å². The lowest BCUT2D eigenvalue weighted by molar-refractivity contribution is 0.141. The first-order chi connectivity index (χ1) is 8.95. The SMILES string of the molecule is CCCCOCCNc1ccc(N)cc1S(N)(=O)=O. The third kappa shape index (κ3) is 5.46. The molecule has 0 aromatic heterocycles. The molecule has 7 heteroatoms. The minimum Gasteiger partial charge on any atom is -0.399 e. The zero-order valence-electron chi connectivity index (χ0n) is 11.1. The molecule has 0 aliphatic carbocycles. The summed E-state index contributed by atoms with van der Waals surface area (Å²) in [6.07, 6.45) is 2.10. The van der Waals surface area contributed by atoms with E-state index in [4.69, 9.17) is 15.6 Å². The molecule has 108 valence electrons. The van der Waals surface area contributed by atoms with Crippen molar-refractivity contribution in [2.75, 3.05) is 30.8 Å². The molecule has 1 aromatic carbocycles. The van der Waals surface area contributed by atoms with Crippen molar-refractivity contribution in [3.8, 4) is 0 Å². The Balaban J connectivity index is 2.59. The van der Waals surface area contributed by atoms with Crippen LogP contribution in [-0.4, -0.2) is 28.2 Å². The Morgan fingerprint density at radius 1 is 1.32 bits per heavy atom. The van der Waals surface area contributed by atoms with E-state index in [0.717, 1.165) is 12.8 Å². The number of benzene rings is 1. The van der Waals surface area contributed by atoms with Crippen LogP contribution in [0.25, 0.3) is 0 Å². The van der Waals surface area contributed by atoms with Crippen LogP contribution in [0.1, 0.15) is 19.8 Å².